The number of aliphatic hydroxyl groups excluding tert-OH is 2. The molecular weight excluding hydrogens is 436 g/mol. The van der Waals surface area contributed by atoms with Crippen molar-refractivity contribution >= 4 is 5.97 Å². The first-order chi connectivity index (χ1) is 16.4. The minimum absolute atomic E-state index is 0.0205. The number of aliphatic hydroxyl groups is 2. The summed E-state index contributed by atoms with van der Waals surface area (Å²) in [6, 6.07) is 0. The van der Waals surface area contributed by atoms with E-state index in [-0.39, 0.29) is 40.2 Å². The molecule has 4 fully saturated rings. The predicted molar refractivity (Wildman–Crippen MR) is 138 cm³/mol. The summed E-state index contributed by atoms with van der Waals surface area (Å²) in [5.74, 6) is 2.26. The van der Waals surface area contributed by atoms with E-state index in [1.54, 1.807) is 12.7 Å². The first-order valence-corrected chi connectivity index (χ1v) is 14.4. The first kappa shape index (κ1) is 25.8. The zero-order chi connectivity index (χ0) is 25.6. The van der Waals surface area contributed by atoms with Crippen LogP contribution in [0.25, 0.3) is 0 Å². The summed E-state index contributed by atoms with van der Waals surface area (Å²) in [7, 11) is 1.58. The molecule has 0 heterocycles. The highest BCUT2D eigenvalue weighted by atomic mass is 16.5. The lowest BCUT2D eigenvalue weighted by Gasteiger charge is -2.71. The number of carbonyl (C=O) groups excluding carboxylic acids is 1. The Kier molecular flexibility index (Phi) is 5.94. The van der Waals surface area contributed by atoms with Gasteiger partial charge in [-0.2, -0.15) is 0 Å². The van der Waals surface area contributed by atoms with E-state index in [4.69, 9.17) is 4.74 Å². The van der Waals surface area contributed by atoms with Gasteiger partial charge in [0.25, 0.3) is 0 Å². The van der Waals surface area contributed by atoms with Crippen LogP contribution in [0.3, 0.4) is 0 Å². The molecule has 4 heteroatoms. The maximum Gasteiger partial charge on any atom is 0.312 e. The van der Waals surface area contributed by atoms with Crippen molar-refractivity contribution < 1.29 is 19.7 Å². The standard InChI is InChI=1S/C31H50O4/c1-19-10-15-31(26(34)35-7)17-16-29(5)21(25(31)20(19)2)8-9-23-27(3)13-12-24(33)28(4,18-32)22(27)11-14-30(23,29)6/h8,19-20,22-25,32-33H,9-18H2,1-7H3. The molecule has 11 unspecified atom stereocenters. The maximum absolute atomic E-state index is 13.4. The van der Waals surface area contributed by atoms with Crippen LogP contribution in [-0.4, -0.2) is 36.0 Å². The smallest absolute Gasteiger partial charge is 0.312 e. The van der Waals surface area contributed by atoms with Crippen LogP contribution in [0.5, 0.6) is 0 Å². The number of ether oxygens (including phenoxy) is 1. The maximum atomic E-state index is 13.4. The van der Waals surface area contributed by atoms with Gasteiger partial charge in [-0.25, -0.2) is 0 Å². The summed E-state index contributed by atoms with van der Waals surface area (Å²) in [4.78, 5) is 13.4. The number of methoxy groups -OCH3 is 1. The van der Waals surface area contributed by atoms with Gasteiger partial charge in [0, 0.05) is 5.41 Å². The number of fused-ring (bicyclic) bond motifs is 7. The van der Waals surface area contributed by atoms with Gasteiger partial charge in [0.1, 0.15) is 0 Å². The zero-order valence-corrected chi connectivity index (χ0v) is 23.3. The fourth-order valence-corrected chi connectivity index (χ4v) is 11.1. The molecule has 0 aromatic rings. The highest BCUT2D eigenvalue weighted by Gasteiger charge is 2.70. The number of esters is 1. The van der Waals surface area contributed by atoms with E-state index in [1.165, 1.54) is 0 Å². The molecule has 4 saturated carbocycles. The molecule has 11 atom stereocenters. The van der Waals surface area contributed by atoms with Crippen molar-refractivity contribution in [3.63, 3.8) is 0 Å². The number of carbonyl (C=O) groups is 1. The third-order valence-corrected chi connectivity index (χ3v) is 13.7. The van der Waals surface area contributed by atoms with E-state index in [2.05, 4.69) is 47.6 Å². The molecule has 0 bridgehead atoms. The summed E-state index contributed by atoms with van der Waals surface area (Å²) in [6.45, 7) is 14.5. The molecule has 0 aliphatic heterocycles. The Morgan fingerprint density at radius 1 is 1.00 bits per heavy atom. The summed E-state index contributed by atoms with van der Waals surface area (Å²) in [6.07, 6.45) is 11.3. The molecule has 35 heavy (non-hydrogen) atoms. The van der Waals surface area contributed by atoms with Crippen LogP contribution < -0.4 is 0 Å². The highest BCUT2D eigenvalue weighted by Crippen LogP contribution is 2.75. The number of hydrogen-bond acceptors (Lipinski definition) is 4. The van der Waals surface area contributed by atoms with Gasteiger partial charge in [0.2, 0.25) is 0 Å². The van der Waals surface area contributed by atoms with Crippen LogP contribution >= 0.6 is 0 Å². The highest BCUT2D eigenvalue weighted by molar-refractivity contribution is 5.78. The van der Waals surface area contributed by atoms with Crippen molar-refractivity contribution in [1.82, 2.24) is 0 Å². The van der Waals surface area contributed by atoms with E-state index in [0.717, 1.165) is 57.8 Å². The topological polar surface area (TPSA) is 66.8 Å². The minimum Gasteiger partial charge on any atom is -0.469 e. The van der Waals surface area contributed by atoms with Crippen LogP contribution in [0.15, 0.2) is 11.6 Å². The molecule has 4 nitrogen and oxygen atoms in total. The lowest BCUT2D eigenvalue weighted by molar-refractivity contribution is -0.217. The number of rotatable bonds is 2. The second-order valence-corrected chi connectivity index (χ2v) is 14.5. The van der Waals surface area contributed by atoms with E-state index in [0.29, 0.717) is 23.7 Å². The molecule has 5 aliphatic rings. The molecule has 5 aliphatic carbocycles. The Bertz CT molecular complexity index is 912. The van der Waals surface area contributed by atoms with E-state index in [9.17, 15) is 15.0 Å². The predicted octanol–water partition coefficient (Wildman–Crippen LogP) is 6.15. The van der Waals surface area contributed by atoms with Crippen LogP contribution in [0, 0.1) is 56.7 Å². The van der Waals surface area contributed by atoms with Crippen LogP contribution in [0.4, 0.5) is 0 Å². The van der Waals surface area contributed by atoms with Gasteiger partial charge >= 0.3 is 5.97 Å². The Balaban J connectivity index is 1.61. The van der Waals surface area contributed by atoms with Crippen LogP contribution in [0.1, 0.15) is 99.3 Å². The second-order valence-electron chi connectivity index (χ2n) is 14.5. The van der Waals surface area contributed by atoms with E-state index < -0.39 is 11.5 Å². The van der Waals surface area contributed by atoms with E-state index in [1.807, 2.05) is 0 Å². The molecule has 2 N–H and O–H groups in total. The molecule has 0 amide bonds. The Labute approximate surface area is 213 Å². The normalized spacial score (nSPS) is 55.5. The molecule has 0 radical (unpaired) electrons. The Morgan fingerprint density at radius 3 is 2.37 bits per heavy atom. The Morgan fingerprint density at radius 2 is 1.71 bits per heavy atom. The molecule has 0 aromatic carbocycles. The first-order valence-electron chi connectivity index (χ1n) is 14.4. The average molecular weight is 487 g/mol. The van der Waals surface area contributed by atoms with Crippen molar-refractivity contribution in [2.24, 2.45) is 56.7 Å². The SMILES string of the molecule is COC(=O)C12CCC(C)C(C)C1C1=CCC3C4(C)CCC(O)C(C)(CO)C4CCC3(C)C1(C)CC2. The van der Waals surface area contributed by atoms with Crippen LogP contribution in [-0.2, 0) is 9.53 Å². The summed E-state index contributed by atoms with van der Waals surface area (Å²) < 4.78 is 5.50. The average Bonchev–Trinajstić information content (AvgIpc) is 2.83. The zero-order valence-electron chi connectivity index (χ0n) is 23.3. The molecule has 0 saturated heterocycles. The third kappa shape index (κ3) is 3.02. The van der Waals surface area contributed by atoms with Crippen molar-refractivity contribution in [3.8, 4) is 0 Å². The van der Waals surface area contributed by atoms with Crippen molar-refractivity contribution in [2.45, 2.75) is 105 Å². The van der Waals surface area contributed by atoms with Gasteiger partial charge in [-0.05, 0) is 104 Å². The minimum atomic E-state index is -0.418. The monoisotopic (exact) mass is 486 g/mol. The molecule has 198 valence electrons. The van der Waals surface area contributed by atoms with Gasteiger partial charge in [-0.3, -0.25) is 4.79 Å². The molecular formula is C31H50O4. The molecule has 5 rings (SSSR count). The van der Waals surface area contributed by atoms with Crippen molar-refractivity contribution in [3.05, 3.63) is 11.6 Å². The number of allylic oxidation sites excluding steroid dienone is 2. The second kappa shape index (κ2) is 8.06. The van der Waals surface area contributed by atoms with E-state index >= 15 is 0 Å². The van der Waals surface area contributed by atoms with Gasteiger partial charge in [0.05, 0.1) is 25.2 Å². The van der Waals surface area contributed by atoms with Gasteiger partial charge in [-0.15, -0.1) is 0 Å². The van der Waals surface area contributed by atoms with Gasteiger partial charge < -0.3 is 14.9 Å². The largest absolute Gasteiger partial charge is 0.469 e. The quantitative estimate of drug-likeness (QED) is 0.363. The lowest BCUT2D eigenvalue weighted by atomic mass is 9.33. The summed E-state index contributed by atoms with van der Waals surface area (Å²) in [5.41, 5.74) is 1.12. The summed E-state index contributed by atoms with van der Waals surface area (Å²) >= 11 is 0. The molecule has 0 aromatic heterocycles. The Hall–Kier alpha value is -0.870. The van der Waals surface area contributed by atoms with Crippen molar-refractivity contribution in [2.75, 3.05) is 13.7 Å². The number of hydrogen-bond donors (Lipinski definition) is 2. The van der Waals surface area contributed by atoms with Crippen molar-refractivity contribution in [1.29, 1.82) is 0 Å². The van der Waals surface area contributed by atoms with Gasteiger partial charge in [-0.1, -0.05) is 53.2 Å². The van der Waals surface area contributed by atoms with Crippen LogP contribution in [0.2, 0.25) is 0 Å². The summed E-state index contributed by atoms with van der Waals surface area (Å²) in [5, 5.41) is 21.4. The fourth-order valence-electron chi connectivity index (χ4n) is 11.1. The molecule has 0 spiro atoms. The van der Waals surface area contributed by atoms with Gasteiger partial charge in [0.15, 0.2) is 0 Å². The fraction of sp³-hybridized carbons (Fsp3) is 0.903. The third-order valence-electron chi connectivity index (χ3n) is 13.7. The lowest BCUT2D eigenvalue weighted by Crippen LogP contribution is -2.66.